The molecule has 190 valence electrons. The molecule has 1 N–H and O–H groups in total. The second-order valence-corrected chi connectivity index (χ2v) is 10.1. The van der Waals surface area contributed by atoms with Crippen molar-refractivity contribution in [3.05, 3.63) is 58.8 Å². The summed E-state index contributed by atoms with van der Waals surface area (Å²) in [6, 6.07) is 11.9. The van der Waals surface area contributed by atoms with E-state index in [9.17, 15) is 14.0 Å². The molecule has 0 unspecified atom stereocenters. The summed E-state index contributed by atoms with van der Waals surface area (Å²) >= 11 is 6.57. The third kappa shape index (κ3) is 6.91. The second-order valence-electron chi connectivity index (χ2n) is 8.39. The zero-order chi connectivity index (χ0) is 25.5. The van der Waals surface area contributed by atoms with Gasteiger partial charge in [-0.05, 0) is 47.9 Å². The molecule has 0 aliphatic carbocycles. The highest BCUT2D eigenvalue weighted by Gasteiger charge is 2.32. The lowest BCUT2D eigenvalue weighted by atomic mass is 10.0. The molecule has 2 heterocycles. The van der Waals surface area contributed by atoms with Gasteiger partial charge >= 0.3 is 5.97 Å². The van der Waals surface area contributed by atoms with E-state index in [4.69, 9.17) is 26.8 Å². The van der Waals surface area contributed by atoms with Crippen molar-refractivity contribution in [1.82, 2.24) is 9.80 Å². The topological polar surface area (TPSA) is 79.3 Å². The van der Waals surface area contributed by atoms with Gasteiger partial charge in [0.2, 0.25) is 0 Å². The van der Waals surface area contributed by atoms with E-state index < -0.39 is 5.97 Å². The van der Waals surface area contributed by atoms with Crippen molar-refractivity contribution in [2.75, 3.05) is 46.0 Å². The number of amides is 1. The van der Waals surface area contributed by atoms with Crippen molar-refractivity contribution in [3.8, 4) is 16.9 Å². The largest absolute Gasteiger partial charge is 0.492 e. The molecular weight excluding hydrogens is 503 g/mol. The molecule has 0 atom stereocenters. The standard InChI is InChI=1S/C26H27FN2O5S2/c27-21-6-3-18(4-7-21)19-5-8-22(34-15-12-28-10-13-33-14-11-28)20(16-19)17-23-25(32)29(26(35)36-23)9-1-2-24(30)31/h3-8,16-17H,1-2,9-15H2,(H,30,31)/b23-17-. The van der Waals surface area contributed by atoms with Gasteiger partial charge in [-0.3, -0.25) is 19.4 Å². The predicted molar refractivity (Wildman–Crippen MR) is 141 cm³/mol. The summed E-state index contributed by atoms with van der Waals surface area (Å²) < 4.78 is 25.3. The Morgan fingerprint density at radius 1 is 1.14 bits per heavy atom. The molecule has 0 aromatic heterocycles. The van der Waals surface area contributed by atoms with Gasteiger partial charge in [-0.2, -0.15) is 0 Å². The Morgan fingerprint density at radius 3 is 2.58 bits per heavy atom. The third-order valence-electron chi connectivity index (χ3n) is 5.89. The van der Waals surface area contributed by atoms with Crippen molar-refractivity contribution in [2.45, 2.75) is 12.8 Å². The van der Waals surface area contributed by atoms with E-state index >= 15 is 0 Å². The molecule has 2 aliphatic rings. The highest BCUT2D eigenvalue weighted by molar-refractivity contribution is 8.26. The quantitative estimate of drug-likeness (QED) is 0.361. The number of hydrogen-bond acceptors (Lipinski definition) is 7. The molecule has 0 bridgehead atoms. The fourth-order valence-corrected chi connectivity index (χ4v) is 5.25. The number of aliphatic carboxylic acids is 1. The first-order chi connectivity index (χ1) is 17.4. The van der Waals surface area contributed by atoms with E-state index in [0.29, 0.717) is 46.8 Å². The van der Waals surface area contributed by atoms with Crippen LogP contribution in [0.5, 0.6) is 5.75 Å². The number of hydrogen-bond donors (Lipinski definition) is 1. The van der Waals surface area contributed by atoms with Gasteiger partial charge in [0.05, 0.1) is 18.1 Å². The maximum absolute atomic E-state index is 13.4. The number of thioether (sulfide) groups is 1. The van der Waals surface area contributed by atoms with Gasteiger partial charge in [0.1, 0.15) is 22.5 Å². The third-order valence-corrected chi connectivity index (χ3v) is 7.27. The second kappa shape index (κ2) is 12.4. The van der Waals surface area contributed by atoms with Crippen LogP contribution in [-0.2, 0) is 14.3 Å². The molecule has 2 saturated heterocycles. The molecule has 0 radical (unpaired) electrons. The van der Waals surface area contributed by atoms with Crippen LogP contribution in [0.3, 0.4) is 0 Å². The fourth-order valence-electron chi connectivity index (χ4n) is 3.95. The van der Waals surface area contributed by atoms with Crippen LogP contribution in [-0.4, -0.2) is 77.1 Å². The van der Waals surface area contributed by atoms with Crippen LogP contribution in [0.4, 0.5) is 4.39 Å². The van der Waals surface area contributed by atoms with E-state index in [1.54, 1.807) is 18.2 Å². The van der Waals surface area contributed by atoms with Gasteiger partial charge in [0.15, 0.2) is 0 Å². The summed E-state index contributed by atoms with van der Waals surface area (Å²) in [7, 11) is 0. The molecule has 36 heavy (non-hydrogen) atoms. The minimum absolute atomic E-state index is 0.0308. The molecule has 2 aromatic rings. The summed E-state index contributed by atoms with van der Waals surface area (Å²) in [4.78, 5) is 28.0. The molecule has 4 rings (SSSR count). The van der Waals surface area contributed by atoms with E-state index in [1.165, 1.54) is 28.8 Å². The van der Waals surface area contributed by atoms with Crippen molar-refractivity contribution in [2.24, 2.45) is 0 Å². The summed E-state index contributed by atoms with van der Waals surface area (Å²) in [6.07, 6.45) is 2.05. The fraction of sp³-hybridized carbons (Fsp3) is 0.346. The zero-order valence-corrected chi connectivity index (χ0v) is 21.3. The van der Waals surface area contributed by atoms with Crippen LogP contribution >= 0.6 is 24.0 Å². The van der Waals surface area contributed by atoms with Crippen LogP contribution in [0.2, 0.25) is 0 Å². The van der Waals surface area contributed by atoms with Crippen molar-refractivity contribution < 1.29 is 28.6 Å². The maximum Gasteiger partial charge on any atom is 0.303 e. The van der Waals surface area contributed by atoms with Crippen LogP contribution in [0.1, 0.15) is 18.4 Å². The first-order valence-corrected chi connectivity index (χ1v) is 12.9. The number of thiocarbonyl (C=S) groups is 1. The first-order valence-electron chi connectivity index (χ1n) is 11.7. The number of carbonyl (C=O) groups is 2. The zero-order valence-electron chi connectivity index (χ0n) is 19.7. The normalized spacial score (nSPS) is 17.7. The van der Waals surface area contributed by atoms with Crippen molar-refractivity contribution >= 4 is 46.3 Å². The molecular formula is C26H27FN2O5S2. The summed E-state index contributed by atoms with van der Waals surface area (Å²) in [5, 5.41) is 8.89. The number of ether oxygens (including phenoxy) is 2. The average Bonchev–Trinajstić information content (AvgIpc) is 3.13. The van der Waals surface area contributed by atoms with Crippen LogP contribution in [0.15, 0.2) is 47.4 Å². The predicted octanol–water partition coefficient (Wildman–Crippen LogP) is 4.27. The smallest absolute Gasteiger partial charge is 0.303 e. The van der Waals surface area contributed by atoms with E-state index in [1.807, 2.05) is 18.2 Å². The minimum Gasteiger partial charge on any atom is -0.492 e. The summed E-state index contributed by atoms with van der Waals surface area (Å²) in [6.45, 7) is 4.65. The Labute approximate surface area is 218 Å². The Kier molecular flexibility index (Phi) is 9.08. The number of rotatable bonds is 10. The van der Waals surface area contributed by atoms with Crippen LogP contribution in [0.25, 0.3) is 17.2 Å². The van der Waals surface area contributed by atoms with Crippen LogP contribution in [0, 0.1) is 5.82 Å². The van der Waals surface area contributed by atoms with Crippen molar-refractivity contribution in [3.63, 3.8) is 0 Å². The summed E-state index contributed by atoms with van der Waals surface area (Å²) in [5.41, 5.74) is 2.41. The molecule has 2 aliphatic heterocycles. The molecule has 1 amide bonds. The number of carboxylic acids is 1. The van der Waals surface area contributed by atoms with E-state index in [0.717, 1.165) is 30.8 Å². The van der Waals surface area contributed by atoms with E-state index in [-0.39, 0.29) is 24.7 Å². The number of benzene rings is 2. The maximum atomic E-state index is 13.4. The Balaban J connectivity index is 1.55. The number of nitrogens with zero attached hydrogens (tertiary/aromatic N) is 2. The molecule has 0 saturated carbocycles. The van der Waals surface area contributed by atoms with Gasteiger partial charge in [0, 0.05) is 38.2 Å². The number of halogens is 1. The van der Waals surface area contributed by atoms with Crippen molar-refractivity contribution in [1.29, 1.82) is 0 Å². The highest BCUT2D eigenvalue weighted by Crippen LogP contribution is 2.36. The highest BCUT2D eigenvalue weighted by atomic mass is 32.2. The molecule has 7 nitrogen and oxygen atoms in total. The van der Waals surface area contributed by atoms with E-state index in [2.05, 4.69) is 4.90 Å². The van der Waals surface area contributed by atoms with Gasteiger partial charge in [-0.25, -0.2) is 4.39 Å². The lowest BCUT2D eigenvalue weighted by Gasteiger charge is -2.26. The molecule has 2 fully saturated rings. The van der Waals surface area contributed by atoms with Gasteiger partial charge in [0.25, 0.3) is 5.91 Å². The summed E-state index contributed by atoms with van der Waals surface area (Å²) in [5.74, 6) is -0.840. The SMILES string of the molecule is O=C(O)CCCN1C(=O)/C(=C/c2cc(-c3ccc(F)cc3)ccc2OCCN2CCOCC2)SC1=S. The molecule has 0 spiro atoms. The number of carboxylic acid groups (broad SMARTS) is 1. The minimum atomic E-state index is -0.910. The lowest BCUT2D eigenvalue weighted by molar-refractivity contribution is -0.137. The Bertz CT molecular complexity index is 1150. The monoisotopic (exact) mass is 530 g/mol. The Hall–Kier alpha value is -2.79. The van der Waals surface area contributed by atoms with Gasteiger partial charge in [-0.1, -0.05) is 42.2 Å². The Morgan fingerprint density at radius 2 is 1.86 bits per heavy atom. The van der Waals surface area contributed by atoms with Crippen LogP contribution < -0.4 is 4.74 Å². The lowest BCUT2D eigenvalue weighted by Crippen LogP contribution is -2.38. The number of carbonyl (C=O) groups excluding carboxylic acids is 1. The van der Waals surface area contributed by atoms with Gasteiger partial charge in [-0.15, -0.1) is 0 Å². The molecule has 2 aromatic carbocycles. The first kappa shape index (κ1) is 26.3. The number of morpholine rings is 1. The molecule has 10 heteroatoms. The van der Waals surface area contributed by atoms with Gasteiger partial charge < -0.3 is 14.6 Å². The average molecular weight is 531 g/mol.